The predicted octanol–water partition coefficient (Wildman–Crippen LogP) is 1.73. The van der Waals surface area contributed by atoms with Crippen molar-refractivity contribution in [2.45, 2.75) is 0 Å². The number of hydrogen-bond acceptors (Lipinski definition) is 2. The average molecular weight is 114 g/mol. The highest BCUT2D eigenvalue weighted by Gasteiger charge is 1.80. The molecule has 0 saturated carbocycles. The van der Waals surface area contributed by atoms with Crippen LogP contribution in [0.2, 0.25) is 0 Å². The van der Waals surface area contributed by atoms with Crippen molar-refractivity contribution in [1.29, 1.82) is 0 Å². The second-order valence-electron chi connectivity index (χ2n) is 1.14. The third-order valence-corrected chi connectivity index (χ3v) is 1.15. The molecule has 0 amide bonds. The summed E-state index contributed by atoms with van der Waals surface area (Å²) in [5, 5.41) is 1.91. The van der Waals surface area contributed by atoms with Gasteiger partial charge in [-0.3, -0.25) is 0 Å². The third-order valence-electron chi connectivity index (χ3n) is 0.614. The molecule has 1 aliphatic rings. The summed E-state index contributed by atoms with van der Waals surface area (Å²) in [6.07, 6.45) is 5.90. The highest BCUT2D eigenvalue weighted by atomic mass is 32.2. The fourth-order valence-electron chi connectivity index (χ4n) is 0.329. The summed E-state index contributed by atoms with van der Waals surface area (Å²) in [6, 6.07) is 0. The quantitative estimate of drug-likeness (QED) is 0.443. The van der Waals surface area contributed by atoms with Gasteiger partial charge >= 0.3 is 0 Å². The Morgan fingerprint density at radius 3 is 3.43 bits per heavy atom. The number of allylic oxidation sites excluding steroid dienone is 2. The molecule has 0 aromatic heterocycles. The van der Waals surface area contributed by atoms with E-state index in [2.05, 4.69) is 0 Å². The summed E-state index contributed by atoms with van der Waals surface area (Å²) in [4.78, 5) is 0. The molecule has 1 rings (SSSR count). The van der Waals surface area contributed by atoms with Gasteiger partial charge in [0.2, 0.25) is 0 Å². The first kappa shape index (κ1) is 4.94. The molecular weight excluding hydrogens is 108 g/mol. The Labute approximate surface area is 47.3 Å². The Balaban J connectivity index is 2.39. The van der Waals surface area contributed by atoms with Crippen LogP contribution in [0.1, 0.15) is 0 Å². The molecule has 1 aliphatic heterocycles. The molecule has 0 aromatic rings. The van der Waals surface area contributed by atoms with Crippen LogP contribution in [0.5, 0.6) is 0 Å². The zero-order chi connectivity index (χ0) is 4.95. The van der Waals surface area contributed by atoms with Gasteiger partial charge in [0, 0.05) is 12.0 Å². The van der Waals surface area contributed by atoms with E-state index >= 15 is 0 Å². The zero-order valence-electron chi connectivity index (χ0n) is 3.83. The van der Waals surface area contributed by atoms with Crippen molar-refractivity contribution in [3.8, 4) is 0 Å². The van der Waals surface area contributed by atoms with Crippen LogP contribution in [0.15, 0.2) is 23.6 Å². The molecule has 1 heterocycles. The van der Waals surface area contributed by atoms with Crippen molar-refractivity contribution in [2.75, 3.05) is 6.61 Å². The molecule has 2 heteroatoms. The van der Waals surface area contributed by atoms with Gasteiger partial charge in [0.25, 0.3) is 0 Å². The van der Waals surface area contributed by atoms with Gasteiger partial charge in [-0.25, -0.2) is 0 Å². The first-order chi connectivity index (χ1) is 3.50. The van der Waals surface area contributed by atoms with Gasteiger partial charge in [-0.1, -0.05) is 18.2 Å². The molecule has 0 fully saturated rings. The molecule has 38 valence electrons. The van der Waals surface area contributed by atoms with Crippen LogP contribution in [0.3, 0.4) is 0 Å². The molecule has 0 aliphatic carbocycles. The maximum atomic E-state index is 4.94. The highest BCUT2D eigenvalue weighted by Crippen LogP contribution is 2.06. The van der Waals surface area contributed by atoms with E-state index in [1.165, 1.54) is 12.0 Å². The summed E-state index contributed by atoms with van der Waals surface area (Å²) < 4.78 is 4.94. The largest absolute Gasteiger partial charge is 0.307 e. The Bertz CT molecular complexity index is 84.3. The van der Waals surface area contributed by atoms with Crippen LogP contribution >= 0.6 is 12.0 Å². The molecular formula is C5H6OS. The first-order valence-corrected chi connectivity index (χ1v) is 2.90. The van der Waals surface area contributed by atoms with Crippen LogP contribution in [0.4, 0.5) is 0 Å². The Morgan fingerprint density at radius 1 is 1.43 bits per heavy atom. The van der Waals surface area contributed by atoms with Crippen molar-refractivity contribution in [1.82, 2.24) is 0 Å². The normalized spacial score (nSPS) is 19.4. The predicted molar refractivity (Wildman–Crippen MR) is 31.8 cm³/mol. The topological polar surface area (TPSA) is 9.23 Å². The molecule has 0 spiro atoms. The van der Waals surface area contributed by atoms with Gasteiger partial charge in [-0.05, 0) is 5.41 Å². The summed E-state index contributed by atoms with van der Waals surface area (Å²) in [5.74, 6) is 0. The van der Waals surface area contributed by atoms with E-state index in [9.17, 15) is 0 Å². The van der Waals surface area contributed by atoms with E-state index in [4.69, 9.17) is 4.18 Å². The minimum Gasteiger partial charge on any atom is -0.307 e. The summed E-state index contributed by atoms with van der Waals surface area (Å²) in [7, 11) is 0. The van der Waals surface area contributed by atoms with Gasteiger partial charge < -0.3 is 4.18 Å². The third kappa shape index (κ3) is 1.80. The lowest BCUT2D eigenvalue weighted by atomic mass is 10.5. The lowest BCUT2D eigenvalue weighted by Crippen LogP contribution is -1.72. The number of rotatable bonds is 0. The molecule has 1 nitrogen and oxygen atoms in total. The molecule has 0 radical (unpaired) electrons. The monoisotopic (exact) mass is 114 g/mol. The SMILES string of the molecule is C1=CCOSC=C1. The minimum atomic E-state index is 0.720. The van der Waals surface area contributed by atoms with E-state index in [1.807, 2.05) is 23.6 Å². The Hall–Kier alpha value is -0.210. The van der Waals surface area contributed by atoms with E-state index in [-0.39, 0.29) is 0 Å². The second-order valence-corrected chi connectivity index (χ2v) is 1.84. The van der Waals surface area contributed by atoms with Crippen LogP contribution in [0.25, 0.3) is 0 Å². The molecule has 0 bridgehead atoms. The van der Waals surface area contributed by atoms with Crippen LogP contribution in [-0.2, 0) is 4.18 Å². The van der Waals surface area contributed by atoms with Gasteiger partial charge in [0.05, 0.1) is 6.61 Å². The van der Waals surface area contributed by atoms with Crippen molar-refractivity contribution in [3.63, 3.8) is 0 Å². The smallest absolute Gasteiger partial charge is 0.0802 e. The summed E-state index contributed by atoms with van der Waals surface area (Å²) in [6.45, 7) is 0.720. The molecule has 0 saturated heterocycles. The van der Waals surface area contributed by atoms with Crippen molar-refractivity contribution in [2.24, 2.45) is 0 Å². The van der Waals surface area contributed by atoms with Crippen LogP contribution in [-0.4, -0.2) is 6.61 Å². The fourth-order valence-corrected chi connectivity index (χ4v) is 0.720. The van der Waals surface area contributed by atoms with Crippen LogP contribution in [0, 0.1) is 0 Å². The van der Waals surface area contributed by atoms with Gasteiger partial charge in [0.15, 0.2) is 0 Å². The molecule has 0 aromatic carbocycles. The Morgan fingerprint density at radius 2 is 2.43 bits per heavy atom. The lowest BCUT2D eigenvalue weighted by Gasteiger charge is -1.85. The van der Waals surface area contributed by atoms with Gasteiger partial charge in [-0.15, -0.1) is 0 Å². The maximum absolute atomic E-state index is 4.94. The van der Waals surface area contributed by atoms with Crippen molar-refractivity contribution in [3.05, 3.63) is 23.6 Å². The zero-order valence-corrected chi connectivity index (χ0v) is 4.65. The van der Waals surface area contributed by atoms with Gasteiger partial charge in [0.1, 0.15) is 0 Å². The minimum absolute atomic E-state index is 0.720. The lowest BCUT2D eigenvalue weighted by molar-refractivity contribution is 0.433. The molecule has 7 heavy (non-hydrogen) atoms. The van der Waals surface area contributed by atoms with E-state index in [1.54, 1.807) is 0 Å². The number of hydrogen-bond donors (Lipinski definition) is 0. The molecule has 0 unspecified atom stereocenters. The standard InChI is InChI=1S/C5H6OS/c1-2-4-6-7-5-3-1/h1-3,5H,4H2. The first-order valence-electron chi connectivity index (χ1n) is 2.10. The van der Waals surface area contributed by atoms with Crippen molar-refractivity contribution < 1.29 is 4.18 Å². The summed E-state index contributed by atoms with van der Waals surface area (Å²) in [5.41, 5.74) is 0. The van der Waals surface area contributed by atoms with E-state index in [0.29, 0.717) is 0 Å². The second kappa shape index (κ2) is 2.88. The van der Waals surface area contributed by atoms with Crippen molar-refractivity contribution >= 4 is 12.0 Å². The van der Waals surface area contributed by atoms with Gasteiger partial charge in [-0.2, -0.15) is 0 Å². The molecule has 0 N–H and O–H groups in total. The average Bonchev–Trinajstić information content (AvgIpc) is 1.90. The van der Waals surface area contributed by atoms with E-state index < -0.39 is 0 Å². The maximum Gasteiger partial charge on any atom is 0.0802 e. The fraction of sp³-hybridized carbons (Fsp3) is 0.200. The Kier molecular flexibility index (Phi) is 2.03. The van der Waals surface area contributed by atoms with Crippen LogP contribution < -0.4 is 0 Å². The van der Waals surface area contributed by atoms with E-state index in [0.717, 1.165) is 6.61 Å². The molecule has 0 atom stereocenters. The summed E-state index contributed by atoms with van der Waals surface area (Å²) >= 11 is 1.37. The highest BCUT2D eigenvalue weighted by molar-refractivity contribution is 7.97.